The number of amides is 1. The molecule has 0 atom stereocenters. The highest BCUT2D eigenvalue weighted by atomic mass is 19.4. The number of esters is 1. The molecule has 1 amide bonds. The first-order chi connectivity index (χ1) is 16.7. The fourth-order valence-electron chi connectivity index (χ4n) is 3.35. The van der Waals surface area contributed by atoms with E-state index >= 15 is 0 Å². The van der Waals surface area contributed by atoms with E-state index < -0.39 is 53.3 Å². The monoisotopic (exact) mass is 507 g/mol. The number of alkyl halides is 3. The second-order valence-corrected chi connectivity index (χ2v) is 8.70. The number of anilines is 1. The van der Waals surface area contributed by atoms with Crippen LogP contribution >= 0.6 is 0 Å². The van der Waals surface area contributed by atoms with Gasteiger partial charge in [0.05, 0.1) is 0 Å². The predicted octanol–water partition coefficient (Wildman–Crippen LogP) is 6.52. The summed E-state index contributed by atoms with van der Waals surface area (Å²) in [6.45, 7) is 4.17. The van der Waals surface area contributed by atoms with E-state index in [1.807, 2.05) is 0 Å². The fourth-order valence-corrected chi connectivity index (χ4v) is 3.35. The van der Waals surface area contributed by atoms with Gasteiger partial charge in [-0.15, -0.1) is 13.2 Å². The van der Waals surface area contributed by atoms with Crippen LogP contribution < -0.4 is 9.64 Å². The molecule has 3 rings (SSSR count). The molecule has 190 valence electrons. The molecule has 0 aliphatic heterocycles. The highest BCUT2D eigenvalue weighted by Crippen LogP contribution is 2.31. The first kappa shape index (κ1) is 26.7. The van der Waals surface area contributed by atoms with Gasteiger partial charge in [0.25, 0.3) is 5.91 Å². The predicted molar refractivity (Wildman–Crippen MR) is 122 cm³/mol. The van der Waals surface area contributed by atoms with Crippen molar-refractivity contribution < 1.29 is 41.0 Å². The van der Waals surface area contributed by atoms with E-state index in [9.17, 15) is 31.5 Å². The summed E-state index contributed by atoms with van der Waals surface area (Å²) in [7, 11) is 0. The van der Waals surface area contributed by atoms with Gasteiger partial charge in [-0.1, -0.05) is 30.3 Å². The van der Waals surface area contributed by atoms with Gasteiger partial charge in [-0.3, -0.25) is 14.5 Å². The van der Waals surface area contributed by atoms with Crippen LogP contribution in [0.4, 0.5) is 27.6 Å². The molecule has 0 aliphatic rings. The lowest BCUT2D eigenvalue weighted by atomic mass is 10.0. The molecule has 0 heterocycles. The SMILES string of the molecule is CC(C)(C)OC(=O)CN(C(=O)c1c(F)cccc1F)c1cccc(-c2cccc(OC(F)(F)F)c2)c1. The molecule has 0 radical (unpaired) electrons. The summed E-state index contributed by atoms with van der Waals surface area (Å²) < 4.78 is 75.9. The van der Waals surface area contributed by atoms with Crippen molar-refractivity contribution in [2.45, 2.75) is 32.7 Å². The normalized spacial score (nSPS) is 11.7. The highest BCUT2D eigenvalue weighted by Gasteiger charge is 2.31. The van der Waals surface area contributed by atoms with Crippen molar-refractivity contribution in [1.29, 1.82) is 0 Å². The topological polar surface area (TPSA) is 55.8 Å². The molecule has 0 bridgehead atoms. The van der Waals surface area contributed by atoms with Gasteiger partial charge in [0.15, 0.2) is 0 Å². The number of benzene rings is 3. The van der Waals surface area contributed by atoms with Crippen LogP contribution in [0.1, 0.15) is 31.1 Å². The molecule has 0 N–H and O–H groups in total. The Labute approximate surface area is 204 Å². The summed E-state index contributed by atoms with van der Waals surface area (Å²) >= 11 is 0. The number of halogens is 5. The second-order valence-electron chi connectivity index (χ2n) is 8.70. The van der Waals surface area contributed by atoms with Crippen molar-refractivity contribution in [3.63, 3.8) is 0 Å². The lowest BCUT2D eigenvalue weighted by Gasteiger charge is -2.26. The van der Waals surface area contributed by atoms with Crippen LogP contribution in [-0.2, 0) is 9.53 Å². The van der Waals surface area contributed by atoms with Gasteiger partial charge in [0.1, 0.15) is 35.1 Å². The van der Waals surface area contributed by atoms with Crippen LogP contribution in [0.15, 0.2) is 66.7 Å². The zero-order valence-electron chi connectivity index (χ0n) is 19.5. The van der Waals surface area contributed by atoms with Gasteiger partial charge in [-0.2, -0.15) is 0 Å². The Bertz CT molecular complexity index is 1250. The molecule has 0 saturated heterocycles. The van der Waals surface area contributed by atoms with E-state index in [4.69, 9.17) is 4.74 Å². The molecular formula is C26H22F5NO4. The number of carbonyl (C=O) groups is 2. The van der Waals surface area contributed by atoms with E-state index in [0.717, 1.165) is 35.2 Å². The Morgan fingerprint density at radius 3 is 1.97 bits per heavy atom. The molecule has 0 fully saturated rings. The molecule has 0 aromatic heterocycles. The quantitative estimate of drug-likeness (QED) is 0.282. The van der Waals surface area contributed by atoms with Gasteiger partial charge < -0.3 is 9.47 Å². The number of nitrogens with zero attached hydrogens (tertiary/aromatic N) is 1. The van der Waals surface area contributed by atoms with E-state index in [-0.39, 0.29) is 5.69 Å². The Balaban J connectivity index is 2.04. The van der Waals surface area contributed by atoms with Crippen LogP contribution in [0.25, 0.3) is 11.1 Å². The summed E-state index contributed by atoms with van der Waals surface area (Å²) in [5.74, 6) is -4.67. The first-order valence-corrected chi connectivity index (χ1v) is 10.7. The molecule has 0 aliphatic carbocycles. The average Bonchev–Trinajstić information content (AvgIpc) is 2.75. The number of carbonyl (C=O) groups excluding carboxylic acids is 2. The Morgan fingerprint density at radius 1 is 0.833 bits per heavy atom. The zero-order valence-corrected chi connectivity index (χ0v) is 19.5. The smallest absolute Gasteiger partial charge is 0.459 e. The van der Waals surface area contributed by atoms with Crippen LogP contribution in [0.5, 0.6) is 5.75 Å². The van der Waals surface area contributed by atoms with E-state index in [1.165, 1.54) is 30.3 Å². The standard InChI is InChI=1S/C26H22F5NO4/c1-25(2,3)36-22(33)15-32(24(34)23-20(27)11-6-12-21(23)28)18-9-4-7-16(13-18)17-8-5-10-19(14-17)35-26(29,30)31/h4-14H,15H2,1-3H3. The zero-order chi connectivity index (χ0) is 26.7. The van der Waals surface area contributed by atoms with Crippen LogP contribution in [-0.4, -0.2) is 30.4 Å². The minimum Gasteiger partial charge on any atom is -0.459 e. The molecule has 36 heavy (non-hydrogen) atoms. The minimum absolute atomic E-state index is 0.0631. The number of ether oxygens (including phenoxy) is 2. The summed E-state index contributed by atoms with van der Waals surface area (Å²) in [5.41, 5.74) is -1.04. The van der Waals surface area contributed by atoms with Crippen molar-refractivity contribution in [1.82, 2.24) is 0 Å². The largest absolute Gasteiger partial charge is 0.573 e. The second kappa shape index (κ2) is 10.3. The van der Waals surface area contributed by atoms with E-state index in [2.05, 4.69) is 4.74 Å². The third-order valence-electron chi connectivity index (χ3n) is 4.69. The van der Waals surface area contributed by atoms with Crippen molar-refractivity contribution in [2.75, 3.05) is 11.4 Å². The number of rotatable bonds is 6. The van der Waals surface area contributed by atoms with E-state index in [0.29, 0.717) is 11.1 Å². The third-order valence-corrected chi connectivity index (χ3v) is 4.69. The summed E-state index contributed by atoms with van der Waals surface area (Å²) in [4.78, 5) is 26.6. The van der Waals surface area contributed by atoms with E-state index in [1.54, 1.807) is 26.8 Å². The lowest BCUT2D eigenvalue weighted by Crippen LogP contribution is -2.39. The first-order valence-electron chi connectivity index (χ1n) is 10.7. The maximum absolute atomic E-state index is 14.4. The van der Waals surface area contributed by atoms with Crippen LogP contribution in [0.3, 0.4) is 0 Å². The molecule has 5 nitrogen and oxygen atoms in total. The summed E-state index contributed by atoms with van der Waals surface area (Å²) in [6.07, 6.45) is -4.89. The minimum atomic E-state index is -4.89. The van der Waals surface area contributed by atoms with Crippen molar-refractivity contribution in [3.05, 3.63) is 83.9 Å². The van der Waals surface area contributed by atoms with Crippen molar-refractivity contribution >= 4 is 17.6 Å². The Kier molecular flexibility index (Phi) is 7.66. The van der Waals surface area contributed by atoms with Crippen molar-refractivity contribution in [2.24, 2.45) is 0 Å². The highest BCUT2D eigenvalue weighted by molar-refractivity contribution is 6.09. The maximum atomic E-state index is 14.4. The molecule has 0 saturated carbocycles. The molecule has 0 spiro atoms. The molecule has 0 unspecified atom stereocenters. The lowest BCUT2D eigenvalue weighted by molar-refractivity contribution is -0.274. The van der Waals surface area contributed by atoms with Gasteiger partial charge >= 0.3 is 12.3 Å². The number of hydrogen-bond acceptors (Lipinski definition) is 4. The third kappa shape index (κ3) is 7.03. The average molecular weight is 507 g/mol. The van der Waals surface area contributed by atoms with Gasteiger partial charge in [-0.05, 0) is 68.3 Å². The maximum Gasteiger partial charge on any atom is 0.573 e. The van der Waals surface area contributed by atoms with Crippen LogP contribution in [0, 0.1) is 11.6 Å². The number of hydrogen-bond donors (Lipinski definition) is 0. The Hall–Kier alpha value is -3.95. The molecular weight excluding hydrogens is 485 g/mol. The van der Waals surface area contributed by atoms with Crippen molar-refractivity contribution in [3.8, 4) is 16.9 Å². The van der Waals surface area contributed by atoms with Crippen LogP contribution in [0.2, 0.25) is 0 Å². The fraction of sp³-hybridized carbons (Fsp3) is 0.231. The molecule has 10 heteroatoms. The van der Waals surface area contributed by atoms with Gasteiger partial charge in [0, 0.05) is 5.69 Å². The van der Waals surface area contributed by atoms with Gasteiger partial charge in [-0.25, -0.2) is 8.78 Å². The molecule has 3 aromatic rings. The van der Waals surface area contributed by atoms with Gasteiger partial charge in [0.2, 0.25) is 0 Å². The summed E-state index contributed by atoms with van der Waals surface area (Å²) in [5, 5.41) is 0. The molecule has 3 aromatic carbocycles. The summed E-state index contributed by atoms with van der Waals surface area (Å²) in [6, 6.07) is 13.9. The Morgan fingerprint density at radius 2 is 1.39 bits per heavy atom.